The molecule has 6 nitrogen and oxygen atoms in total. The Hall–Kier alpha value is -1.08. The van der Waals surface area contributed by atoms with Crippen molar-refractivity contribution < 1.29 is 19.1 Å². The van der Waals surface area contributed by atoms with Crippen molar-refractivity contribution in [2.24, 2.45) is 0 Å². The number of thioether (sulfide) groups is 1. The zero-order chi connectivity index (χ0) is 11.8. The smallest absolute Gasteiger partial charge is 0.314 e. The largest absolute Gasteiger partial charge is 0.481 e. The van der Waals surface area contributed by atoms with Gasteiger partial charge >= 0.3 is 5.97 Å². The van der Waals surface area contributed by atoms with Crippen LogP contribution in [0.15, 0.2) is 9.64 Å². The summed E-state index contributed by atoms with van der Waals surface area (Å²) >= 11 is 1.02. The first-order chi connectivity index (χ1) is 7.72. The standard InChI is InChI=1S/C9H14N2O4S/c1-2-14-5-3-4-7-10-11-9(15-7)16-6-8(12)13/h2-6H2,1H3,(H,12,13). The van der Waals surface area contributed by atoms with Crippen molar-refractivity contribution in [1.29, 1.82) is 0 Å². The van der Waals surface area contributed by atoms with E-state index >= 15 is 0 Å². The normalized spacial score (nSPS) is 10.6. The summed E-state index contributed by atoms with van der Waals surface area (Å²) in [5.41, 5.74) is 0. The van der Waals surface area contributed by atoms with Crippen LogP contribution in [0.3, 0.4) is 0 Å². The quantitative estimate of drug-likeness (QED) is 0.545. The summed E-state index contributed by atoms with van der Waals surface area (Å²) in [5.74, 6) is -0.450. The molecule has 1 N–H and O–H groups in total. The van der Waals surface area contributed by atoms with Crippen molar-refractivity contribution in [1.82, 2.24) is 10.2 Å². The lowest BCUT2D eigenvalue weighted by Crippen LogP contribution is -1.97. The van der Waals surface area contributed by atoms with Crippen molar-refractivity contribution in [3.8, 4) is 0 Å². The molecule has 1 aromatic rings. The lowest BCUT2D eigenvalue weighted by Gasteiger charge is -1.97. The van der Waals surface area contributed by atoms with Gasteiger partial charge in [0.2, 0.25) is 5.89 Å². The first-order valence-corrected chi connectivity index (χ1v) is 5.95. The van der Waals surface area contributed by atoms with E-state index in [1.807, 2.05) is 6.92 Å². The predicted molar refractivity (Wildman–Crippen MR) is 57.5 cm³/mol. The lowest BCUT2D eigenvalue weighted by molar-refractivity contribution is -0.133. The number of aryl methyl sites for hydroxylation is 1. The highest BCUT2D eigenvalue weighted by molar-refractivity contribution is 7.99. The van der Waals surface area contributed by atoms with Gasteiger partial charge in [-0.1, -0.05) is 11.8 Å². The molecule has 7 heteroatoms. The maximum Gasteiger partial charge on any atom is 0.314 e. The number of carboxylic acids is 1. The second-order valence-corrected chi connectivity index (χ2v) is 3.87. The molecule has 1 aromatic heterocycles. The van der Waals surface area contributed by atoms with Gasteiger partial charge in [0.1, 0.15) is 5.75 Å². The first kappa shape index (κ1) is 13.0. The van der Waals surface area contributed by atoms with E-state index in [2.05, 4.69) is 10.2 Å². The van der Waals surface area contributed by atoms with Crippen LogP contribution in [0, 0.1) is 0 Å². The van der Waals surface area contributed by atoms with Crippen LogP contribution in [0.2, 0.25) is 0 Å². The van der Waals surface area contributed by atoms with Crippen LogP contribution in [0.5, 0.6) is 0 Å². The molecule has 0 aliphatic carbocycles. The molecule has 0 aliphatic rings. The number of carboxylic acid groups (broad SMARTS) is 1. The molecular formula is C9H14N2O4S. The van der Waals surface area contributed by atoms with Crippen molar-refractivity contribution in [3.05, 3.63) is 5.89 Å². The summed E-state index contributed by atoms with van der Waals surface area (Å²) in [5, 5.41) is 16.3. The minimum Gasteiger partial charge on any atom is -0.481 e. The van der Waals surface area contributed by atoms with Crippen molar-refractivity contribution in [2.75, 3.05) is 19.0 Å². The van der Waals surface area contributed by atoms with E-state index in [0.717, 1.165) is 18.2 Å². The Morgan fingerprint density at radius 1 is 1.56 bits per heavy atom. The number of hydrogen-bond acceptors (Lipinski definition) is 6. The summed E-state index contributed by atoms with van der Waals surface area (Å²) in [6.45, 7) is 3.30. The summed E-state index contributed by atoms with van der Waals surface area (Å²) in [6, 6.07) is 0. The van der Waals surface area contributed by atoms with Crippen LogP contribution >= 0.6 is 11.8 Å². The number of hydrogen-bond donors (Lipinski definition) is 1. The monoisotopic (exact) mass is 246 g/mol. The fourth-order valence-corrected chi connectivity index (χ4v) is 1.49. The molecule has 90 valence electrons. The number of nitrogens with zero attached hydrogens (tertiary/aromatic N) is 2. The van der Waals surface area contributed by atoms with Crippen LogP contribution in [-0.4, -0.2) is 40.2 Å². The van der Waals surface area contributed by atoms with Crippen LogP contribution in [0.1, 0.15) is 19.2 Å². The van der Waals surface area contributed by atoms with Crippen LogP contribution in [-0.2, 0) is 16.0 Å². The highest BCUT2D eigenvalue weighted by Gasteiger charge is 2.08. The molecule has 1 heterocycles. The van der Waals surface area contributed by atoms with Crippen LogP contribution in [0.4, 0.5) is 0 Å². The van der Waals surface area contributed by atoms with Gasteiger partial charge in [0.05, 0.1) is 0 Å². The highest BCUT2D eigenvalue weighted by Crippen LogP contribution is 2.16. The van der Waals surface area contributed by atoms with E-state index in [9.17, 15) is 4.79 Å². The van der Waals surface area contributed by atoms with Gasteiger partial charge in [0.25, 0.3) is 5.22 Å². The molecule has 0 bridgehead atoms. The Morgan fingerprint density at radius 2 is 2.38 bits per heavy atom. The maximum atomic E-state index is 10.3. The van der Waals surface area contributed by atoms with Gasteiger partial charge < -0.3 is 14.3 Å². The molecule has 0 unspecified atom stereocenters. The van der Waals surface area contributed by atoms with Gasteiger partial charge in [-0.3, -0.25) is 4.79 Å². The van der Waals surface area contributed by atoms with E-state index in [0.29, 0.717) is 30.7 Å². The average Bonchev–Trinajstić information content (AvgIpc) is 2.70. The number of aromatic nitrogens is 2. The molecule has 0 spiro atoms. The number of aliphatic carboxylic acids is 1. The van der Waals surface area contributed by atoms with Gasteiger partial charge in [0, 0.05) is 19.6 Å². The summed E-state index contributed by atoms with van der Waals surface area (Å²) in [6.07, 6.45) is 1.47. The Bertz CT molecular complexity index is 329. The lowest BCUT2D eigenvalue weighted by atomic mass is 10.3. The molecule has 1 rings (SSSR count). The van der Waals surface area contributed by atoms with E-state index < -0.39 is 5.97 Å². The third kappa shape index (κ3) is 5.13. The fourth-order valence-electron chi connectivity index (χ4n) is 0.991. The Labute approximate surface area is 97.4 Å². The zero-order valence-electron chi connectivity index (χ0n) is 9.01. The van der Waals surface area contributed by atoms with E-state index in [-0.39, 0.29) is 5.75 Å². The number of ether oxygens (including phenoxy) is 1. The zero-order valence-corrected chi connectivity index (χ0v) is 9.83. The van der Waals surface area contributed by atoms with Crippen molar-refractivity contribution >= 4 is 17.7 Å². The van der Waals surface area contributed by atoms with Crippen molar-refractivity contribution in [3.63, 3.8) is 0 Å². The average molecular weight is 246 g/mol. The maximum absolute atomic E-state index is 10.3. The highest BCUT2D eigenvalue weighted by atomic mass is 32.2. The van der Waals surface area contributed by atoms with Crippen molar-refractivity contribution in [2.45, 2.75) is 25.0 Å². The first-order valence-electron chi connectivity index (χ1n) is 4.97. The van der Waals surface area contributed by atoms with E-state index in [4.69, 9.17) is 14.3 Å². The van der Waals surface area contributed by atoms with E-state index in [1.54, 1.807) is 0 Å². The predicted octanol–water partition coefficient (Wildman–Crippen LogP) is 1.22. The molecule has 0 aromatic carbocycles. The van der Waals surface area contributed by atoms with Gasteiger partial charge in [-0.2, -0.15) is 0 Å². The molecule has 0 saturated carbocycles. The second kappa shape index (κ2) is 7.24. The van der Waals surface area contributed by atoms with Gasteiger partial charge in [0.15, 0.2) is 0 Å². The molecule has 0 atom stereocenters. The third-order valence-electron chi connectivity index (χ3n) is 1.65. The summed E-state index contributed by atoms with van der Waals surface area (Å²) in [7, 11) is 0. The molecule has 0 aliphatic heterocycles. The Balaban J connectivity index is 2.25. The molecule has 0 radical (unpaired) electrons. The molecular weight excluding hydrogens is 232 g/mol. The van der Waals surface area contributed by atoms with Crippen LogP contribution < -0.4 is 0 Å². The topological polar surface area (TPSA) is 85.5 Å². The summed E-state index contributed by atoms with van der Waals surface area (Å²) in [4.78, 5) is 10.3. The second-order valence-electron chi connectivity index (χ2n) is 2.94. The summed E-state index contributed by atoms with van der Waals surface area (Å²) < 4.78 is 10.4. The number of carbonyl (C=O) groups is 1. The minimum atomic E-state index is -0.902. The Morgan fingerprint density at radius 3 is 3.06 bits per heavy atom. The molecule has 16 heavy (non-hydrogen) atoms. The fraction of sp³-hybridized carbons (Fsp3) is 0.667. The molecule has 0 fully saturated rings. The number of rotatable bonds is 8. The third-order valence-corrected chi connectivity index (χ3v) is 2.45. The molecule has 0 amide bonds. The minimum absolute atomic E-state index is 0.0689. The van der Waals surface area contributed by atoms with Crippen LogP contribution in [0.25, 0.3) is 0 Å². The van der Waals surface area contributed by atoms with Gasteiger partial charge in [-0.25, -0.2) is 0 Å². The molecule has 0 saturated heterocycles. The van der Waals surface area contributed by atoms with Gasteiger partial charge in [-0.05, 0) is 13.3 Å². The Kier molecular flexibility index (Phi) is 5.87. The van der Waals surface area contributed by atoms with Gasteiger partial charge in [-0.15, -0.1) is 10.2 Å². The van der Waals surface area contributed by atoms with E-state index in [1.165, 1.54) is 0 Å². The SMILES string of the molecule is CCOCCCc1nnc(SCC(=O)O)o1.